The molecule has 3 aromatic rings. The van der Waals surface area contributed by atoms with Crippen molar-refractivity contribution in [3.05, 3.63) is 88.9 Å². The number of hydrogen-bond donors (Lipinski definition) is 1. The van der Waals surface area contributed by atoms with Gasteiger partial charge in [0, 0.05) is 30.6 Å². The van der Waals surface area contributed by atoms with Gasteiger partial charge < -0.3 is 19.7 Å². The first-order chi connectivity index (χ1) is 19.2. The summed E-state index contributed by atoms with van der Waals surface area (Å²) in [5.41, 5.74) is 1.81. The fourth-order valence-electron chi connectivity index (χ4n) is 4.41. The van der Waals surface area contributed by atoms with Crippen molar-refractivity contribution in [1.82, 2.24) is 10.2 Å². The number of hydrogen-bond acceptors (Lipinski definition) is 6. The number of halogens is 1. The number of carbonyl (C=O) groups is 2. The fraction of sp³-hybridized carbons (Fsp3) is 0.310. The minimum absolute atomic E-state index is 0.0258. The molecule has 3 aromatic carbocycles. The predicted octanol–water partition coefficient (Wildman–Crippen LogP) is 4.00. The van der Waals surface area contributed by atoms with Crippen LogP contribution in [-0.4, -0.2) is 57.3 Å². The molecule has 4 rings (SSSR count). The van der Waals surface area contributed by atoms with Crippen molar-refractivity contribution in [1.29, 1.82) is 0 Å². The van der Waals surface area contributed by atoms with Crippen molar-refractivity contribution in [2.24, 2.45) is 0 Å². The number of nitrogens with zero attached hydrogens (tertiary/aromatic N) is 2. The summed E-state index contributed by atoms with van der Waals surface area (Å²) >= 11 is 6.23. The quantitative estimate of drug-likeness (QED) is 0.344. The van der Waals surface area contributed by atoms with Crippen LogP contribution in [0.4, 0.5) is 5.69 Å². The summed E-state index contributed by atoms with van der Waals surface area (Å²) in [6, 6.07) is 20.2. The van der Waals surface area contributed by atoms with Gasteiger partial charge in [-0.25, -0.2) is 8.42 Å². The van der Waals surface area contributed by atoms with Crippen molar-refractivity contribution in [2.75, 3.05) is 30.4 Å². The van der Waals surface area contributed by atoms with Crippen LogP contribution < -0.4 is 19.1 Å². The highest BCUT2D eigenvalue weighted by molar-refractivity contribution is 7.92. The maximum Gasteiger partial charge on any atom is 0.244 e. The molecule has 1 atom stereocenters. The zero-order chi connectivity index (χ0) is 28.7. The number of rotatable bonds is 12. The first-order valence-corrected chi connectivity index (χ1v) is 15.1. The third-order valence-electron chi connectivity index (χ3n) is 6.39. The second-order valence-corrected chi connectivity index (χ2v) is 11.8. The predicted molar refractivity (Wildman–Crippen MR) is 154 cm³/mol. The maximum absolute atomic E-state index is 14.1. The van der Waals surface area contributed by atoms with Crippen molar-refractivity contribution >= 4 is 39.1 Å². The summed E-state index contributed by atoms with van der Waals surface area (Å²) in [5.74, 6) is 0.00243. The molecule has 212 valence electrons. The molecule has 9 nitrogen and oxygen atoms in total. The molecule has 40 heavy (non-hydrogen) atoms. The average molecular weight is 586 g/mol. The summed E-state index contributed by atoms with van der Waals surface area (Å²) in [5, 5.41) is 3.39. The number of fused-ring (bicyclic) bond motifs is 1. The molecule has 0 saturated heterocycles. The Hall–Kier alpha value is -3.76. The SMILES string of the molecule is CCCNC(=O)[C@@H](Cc1ccccc1)N(Cc1cccc(Cl)c1)C(=O)CN(c1ccc2c(c1)OCO2)S(C)(=O)=O. The average Bonchev–Trinajstić information content (AvgIpc) is 3.40. The molecule has 0 bridgehead atoms. The molecular weight excluding hydrogens is 554 g/mol. The van der Waals surface area contributed by atoms with Crippen molar-refractivity contribution in [3.8, 4) is 11.5 Å². The van der Waals surface area contributed by atoms with Crippen LogP contribution in [-0.2, 0) is 32.6 Å². The summed E-state index contributed by atoms with van der Waals surface area (Å²) < 4.78 is 37.6. The normalized spacial score (nSPS) is 13.0. The van der Waals surface area contributed by atoms with Gasteiger partial charge >= 0.3 is 0 Å². The van der Waals surface area contributed by atoms with E-state index in [2.05, 4.69) is 5.32 Å². The molecule has 0 aromatic heterocycles. The van der Waals surface area contributed by atoms with Gasteiger partial charge in [0.05, 0.1) is 11.9 Å². The van der Waals surface area contributed by atoms with E-state index < -0.39 is 28.5 Å². The molecule has 2 amide bonds. The lowest BCUT2D eigenvalue weighted by Crippen LogP contribution is -2.53. The van der Waals surface area contributed by atoms with Crippen molar-refractivity contribution < 1.29 is 27.5 Å². The largest absolute Gasteiger partial charge is 0.454 e. The first-order valence-electron chi connectivity index (χ1n) is 12.9. The molecule has 1 aliphatic rings. The Kier molecular flexibility index (Phi) is 9.54. The van der Waals surface area contributed by atoms with Gasteiger partial charge in [0.2, 0.25) is 28.6 Å². The lowest BCUT2D eigenvalue weighted by molar-refractivity contribution is -0.140. The Morgan fingerprint density at radius 2 is 1.70 bits per heavy atom. The summed E-state index contributed by atoms with van der Waals surface area (Å²) in [6.45, 7) is 1.94. The molecule has 1 heterocycles. The molecule has 0 spiro atoms. The van der Waals surface area contributed by atoms with Crippen LogP contribution >= 0.6 is 11.6 Å². The highest BCUT2D eigenvalue weighted by Crippen LogP contribution is 2.36. The lowest BCUT2D eigenvalue weighted by atomic mass is 10.0. The molecule has 0 unspecified atom stereocenters. The zero-order valence-electron chi connectivity index (χ0n) is 22.4. The van der Waals surface area contributed by atoms with Gasteiger partial charge in [-0.3, -0.25) is 13.9 Å². The van der Waals surface area contributed by atoms with Crippen LogP contribution in [0.1, 0.15) is 24.5 Å². The van der Waals surface area contributed by atoms with E-state index in [9.17, 15) is 18.0 Å². The molecule has 0 saturated carbocycles. The second kappa shape index (κ2) is 13.1. The summed E-state index contributed by atoms with van der Waals surface area (Å²) in [4.78, 5) is 29.0. The summed E-state index contributed by atoms with van der Waals surface area (Å²) in [6.07, 6.45) is 1.99. The van der Waals surface area contributed by atoms with Crippen LogP contribution in [0, 0.1) is 0 Å². The van der Waals surface area contributed by atoms with Crippen LogP contribution in [0.2, 0.25) is 5.02 Å². The molecule has 0 aliphatic carbocycles. The second-order valence-electron chi connectivity index (χ2n) is 9.46. The Bertz CT molecular complexity index is 1450. The molecule has 1 N–H and O–H groups in total. The Balaban J connectivity index is 1.72. The first kappa shape index (κ1) is 29.2. The number of anilines is 1. The number of carbonyl (C=O) groups excluding carboxylic acids is 2. The van der Waals surface area contributed by atoms with Crippen LogP contribution in [0.25, 0.3) is 0 Å². The molecule has 1 aliphatic heterocycles. The van der Waals surface area contributed by atoms with Gasteiger partial charge in [-0.15, -0.1) is 0 Å². The van der Waals surface area contributed by atoms with E-state index in [1.54, 1.807) is 30.3 Å². The Morgan fingerprint density at radius 1 is 0.975 bits per heavy atom. The Labute approximate surface area is 239 Å². The minimum Gasteiger partial charge on any atom is -0.454 e. The summed E-state index contributed by atoms with van der Waals surface area (Å²) in [7, 11) is -3.89. The van der Waals surface area contributed by atoms with E-state index in [1.165, 1.54) is 11.0 Å². The van der Waals surface area contributed by atoms with E-state index in [0.29, 0.717) is 28.6 Å². The molecule has 0 radical (unpaired) electrons. The molecule has 0 fully saturated rings. The minimum atomic E-state index is -3.89. The molecular formula is C29H32ClN3O6S. The third-order valence-corrected chi connectivity index (χ3v) is 7.76. The van der Waals surface area contributed by atoms with Gasteiger partial charge in [0.15, 0.2) is 11.5 Å². The van der Waals surface area contributed by atoms with Crippen molar-refractivity contribution in [3.63, 3.8) is 0 Å². The van der Waals surface area contributed by atoms with Crippen LogP contribution in [0.3, 0.4) is 0 Å². The topological polar surface area (TPSA) is 105 Å². The highest BCUT2D eigenvalue weighted by atomic mass is 35.5. The van der Waals surface area contributed by atoms with Crippen LogP contribution in [0.15, 0.2) is 72.8 Å². The van der Waals surface area contributed by atoms with Gasteiger partial charge in [0.1, 0.15) is 12.6 Å². The third kappa shape index (κ3) is 7.45. The molecule has 11 heteroatoms. The van der Waals surface area contributed by atoms with Crippen LogP contribution in [0.5, 0.6) is 11.5 Å². The number of sulfonamides is 1. The van der Waals surface area contributed by atoms with E-state index in [-0.39, 0.29) is 31.4 Å². The van der Waals surface area contributed by atoms with Gasteiger partial charge in [-0.05, 0) is 41.8 Å². The number of ether oxygens (including phenoxy) is 2. The van der Waals surface area contributed by atoms with E-state index in [0.717, 1.165) is 22.5 Å². The van der Waals surface area contributed by atoms with Gasteiger partial charge in [0.25, 0.3) is 0 Å². The monoisotopic (exact) mass is 585 g/mol. The number of benzene rings is 3. The Morgan fingerprint density at radius 3 is 2.40 bits per heavy atom. The van der Waals surface area contributed by atoms with Crippen molar-refractivity contribution in [2.45, 2.75) is 32.4 Å². The smallest absolute Gasteiger partial charge is 0.244 e. The van der Waals surface area contributed by atoms with E-state index in [4.69, 9.17) is 21.1 Å². The van der Waals surface area contributed by atoms with E-state index >= 15 is 0 Å². The number of nitrogens with one attached hydrogen (secondary N) is 1. The van der Waals surface area contributed by atoms with E-state index in [1.807, 2.05) is 43.3 Å². The fourth-order valence-corrected chi connectivity index (χ4v) is 5.46. The highest BCUT2D eigenvalue weighted by Gasteiger charge is 2.33. The lowest BCUT2D eigenvalue weighted by Gasteiger charge is -2.33. The van der Waals surface area contributed by atoms with Gasteiger partial charge in [-0.2, -0.15) is 0 Å². The standard InChI is InChI=1S/C29H32ClN3O6S/c1-3-14-31-29(35)25(16-21-8-5-4-6-9-21)32(18-22-10-7-11-23(30)15-22)28(34)19-33(40(2,36)37)24-12-13-26-27(17-24)39-20-38-26/h4-13,15,17,25H,3,14,16,18-20H2,1-2H3,(H,31,35)/t25-/m1/s1. The zero-order valence-corrected chi connectivity index (χ0v) is 24.0. The number of amides is 2. The maximum atomic E-state index is 14.1. The van der Waals surface area contributed by atoms with Gasteiger partial charge in [-0.1, -0.05) is 61.0 Å².